The predicted octanol–water partition coefficient (Wildman–Crippen LogP) is 4.19. The van der Waals surface area contributed by atoms with Crippen molar-refractivity contribution >= 4 is 55.6 Å². The van der Waals surface area contributed by atoms with Crippen molar-refractivity contribution in [2.75, 3.05) is 15.8 Å². The lowest BCUT2D eigenvalue weighted by atomic mass is 9.84. The standard InChI is InChI=1S/C24H21N5O5S3/c1-14-21(15(2)30)22(19-4-3-10-34-19)18(12-25)23(27-14)36-13-20(31)28-16-5-7-17(8-6-16)37(32,33)29-24-26-9-11-35-24/h3-11,22,27H,13H2,1-2H3,(H,26,29)(H,28,31). The number of rotatable bonds is 9. The number of anilines is 2. The number of nitriles is 1. The molecule has 2 aromatic heterocycles. The quantitative estimate of drug-likeness (QED) is 0.352. The molecule has 3 N–H and O–H groups in total. The number of thioether (sulfide) groups is 1. The van der Waals surface area contributed by atoms with Crippen molar-refractivity contribution in [1.29, 1.82) is 5.26 Å². The highest BCUT2D eigenvalue weighted by Crippen LogP contribution is 2.40. The molecule has 1 aliphatic rings. The van der Waals surface area contributed by atoms with Crippen molar-refractivity contribution in [2.45, 2.75) is 24.7 Å². The van der Waals surface area contributed by atoms with Crippen LogP contribution in [-0.2, 0) is 19.6 Å². The second-order valence-electron chi connectivity index (χ2n) is 7.83. The number of dihydropyridines is 1. The van der Waals surface area contributed by atoms with Gasteiger partial charge in [0.25, 0.3) is 10.0 Å². The Balaban J connectivity index is 1.44. The summed E-state index contributed by atoms with van der Waals surface area (Å²) in [6, 6.07) is 11.3. The van der Waals surface area contributed by atoms with Crippen LogP contribution in [-0.4, -0.2) is 30.8 Å². The van der Waals surface area contributed by atoms with E-state index in [9.17, 15) is 23.3 Å². The Labute approximate surface area is 221 Å². The zero-order valence-electron chi connectivity index (χ0n) is 19.6. The van der Waals surface area contributed by atoms with E-state index in [0.29, 0.717) is 27.7 Å². The molecule has 1 aliphatic heterocycles. The Kier molecular flexibility index (Phi) is 7.82. The number of amides is 1. The van der Waals surface area contributed by atoms with Gasteiger partial charge < -0.3 is 15.1 Å². The molecule has 1 unspecified atom stereocenters. The summed E-state index contributed by atoms with van der Waals surface area (Å²) >= 11 is 2.28. The number of ketones is 1. The van der Waals surface area contributed by atoms with Crippen LogP contribution in [0.1, 0.15) is 25.5 Å². The molecule has 1 atom stereocenters. The van der Waals surface area contributed by atoms with Crippen LogP contribution in [0.3, 0.4) is 0 Å². The van der Waals surface area contributed by atoms with Gasteiger partial charge in [0.05, 0.1) is 39.5 Å². The average molecular weight is 556 g/mol. The van der Waals surface area contributed by atoms with Crippen LogP contribution >= 0.6 is 23.1 Å². The molecular formula is C24H21N5O5S3. The number of hydrogen-bond donors (Lipinski definition) is 3. The first-order valence-corrected chi connectivity index (χ1v) is 14.2. The number of sulfonamides is 1. The van der Waals surface area contributed by atoms with Crippen LogP contribution in [0, 0.1) is 11.3 Å². The third kappa shape index (κ3) is 5.93. The Morgan fingerprint density at radius 1 is 1.27 bits per heavy atom. The van der Waals surface area contributed by atoms with Crippen molar-refractivity contribution in [3.8, 4) is 6.07 Å². The number of aromatic nitrogens is 1. The maximum Gasteiger partial charge on any atom is 0.263 e. The number of hydrogen-bond acceptors (Lipinski definition) is 10. The number of nitrogens with one attached hydrogen (secondary N) is 3. The van der Waals surface area contributed by atoms with Crippen LogP contribution in [0.15, 0.2) is 85.4 Å². The number of furan rings is 1. The molecule has 4 rings (SSSR count). The van der Waals surface area contributed by atoms with Gasteiger partial charge in [0.2, 0.25) is 5.91 Å². The van der Waals surface area contributed by atoms with Crippen LogP contribution in [0.2, 0.25) is 0 Å². The van der Waals surface area contributed by atoms with Gasteiger partial charge in [0.15, 0.2) is 10.9 Å². The van der Waals surface area contributed by atoms with Crippen molar-refractivity contribution in [2.24, 2.45) is 0 Å². The molecule has 0 radical (unpaired) electrons. The van der Waals surface area contributed by atoms with E-state index in [1.54, 1.807) is 24.4 Å². The fourth-order valence-electron chi connectivity index (χ4n) is 3.73. The van der Waals surface area contributed by atoms with Gasteiger partial charge in [-0.1, -0.05) is 11.8 Å². The maximum absolute atomic E-state index is 12.6. The van der Waals surface area contributed by atoms with Crippen molar-refractivity contribution in [3.05, 3.63) is 81.9 Å². The van der Waals surface area contributed by atoms with Crippen LogP contribution in [0.5, 0.6) is 0 Å². The number of thiazole rings is 1. The molecule has 190 valence electrons. The molecule has 0 aliphatic carbocycles. The van der Waals surface area contributed by atoms with Crippen molar-refractivity contribution in [3.63, 3.8) is 0 Å². The Morgan fingerprint density at radius 2 is 2.03 bits per heavy atom. The molecule has 3 heterocycles. The molecule has 13 heteroatoms. The van der Waals surface area contributed by atoms with Gasteiger partial charge in [0.1, 0.15) is 5.76 Å². The lowest BCUT2D eigenvalue weighted by Crippen LogP contribution is -2.27. The first-order chi connectivity index (χ1) is 17.7. The summed E-state index contributed by atoms with van der Waals surface area (Å²) < 4.78 is 32.8. The highest BCUT2D eigenvalue weighted by molar-refractivity contribution is 8.03. The van der Waals surface area contributed by atoms with Gasteiger partial charge in [-0.3, -0.25) is 14.3 Å². The number of carbonyl (C=O) groups is 2. The van der Waals surface area contributed by atoms with E-state index in [0.717, 1.165) is 23.1 Å². The number of allylic oxidation sites excluding steroid dienone is 3. The van der Waals surface area contributed by atoms with E-state index in [2.05, 4.69) is 26.4 Å². The van der Waals surface area contributed by atoms with Crippen LogP contribution in [0.4, 0.5) is 10.8 Å². The van der Waals surface area contributed by atoms with Gasteiger partial charge in [0, 0.05) is 28.5 Å². The van der Waals surface area contributed by atoms with Crippen LogP contribution in [0.25, 0.3) is 0 Å². The normalized spacial score (nSPS) is 15.6. The molecule has 1 aromatic carbocycles. The third-order valence-electron chi connectivity index (χ3n) is 5.30. The summed E-state index contributed by atoms with van der Waals surface area (Å²) in [7, 11) is -3.80. The molecular weight excluding hydrogens is 534 g/mol. The first-order valence-electron chi connectivity index (χ1n) is 10.8. The molecule has 0 spiro atoms. The zero-order chi connectivity index (χ0) is 26.6. The van der Waals surface area contributed by atoms with Gasteiger partial charge in [-0.25, -0.2) is 13.4 Å². The first kappa shape index (κ1) is 26.2. The third-order valence-corrected chi connectivity index (χ3v) is 8.49. The summed E-state index contributed by atoms with van der Waals surface area (Å²) in [4.78, 5) is 28.9. The van der Waals surface area contributed by atoms with Crippen molar-refractivity contribution in [1.82, 2.24) is 10.3 Å². The molecule has 1 amide bonds. The Morgan fingerprint density at radius 3 is 2.62 bits per heavy atom. The predicted molar refractivity (Wildman–Crippen MR) is 141 cm³/mol. The van der Waals surface area contributed by atoms with E-state index in [1.807, 2.05) is 0 Å². The largest absolute Gasteiger partial charge is 0.468 e. The van der Waals surface area contributed by atoms with Gasteiger partial charge in [-0.05, 0) is 50.2 Å². The van der Waals surface area contributed by atoms with E-state index < -0.39 is 15.9 Å². The van der Waals surface area contributed by atoms with Gasteiger partial charge >= 0.3 is 0 Å². The topological polar surface area (TPSA) is 154 Å². The minimum Gasteiger partial charge on any atom is -0.468 e. The average Bonchev–Trinajstić information content (AvgIpc) is 3.56. The Hall–Kier alpha value is -3.86. The zero-order valence-corrected chi connectivity index (χ0v) is 22.1. The molecule has 10 nitrogen and oxygen atoms in total. The van der Waals surface area contributed by atoms with Gasteiger partial charge in [-0.15, -0.1) is 11.3 Å². The molecule has 0 bridgehead atoms. The fourth-order valence-corrected chi connectivity index (χ4v) is 6.41. The number of carbonyl (C=O) groups excluding carboxylic acids is 2. The lowest BCUT2D eigenvalue weighted by molar-refractivity contribution is -0.114. The molecule has 0 saturated heterocycles. The maximum atomic E-state index is 12.6. The second kappa shape index (κ2) is 11.0. The lowest BCUT2D eigenvalue weighted by Gasteiger charge is -2.27. The van der Waals surface area contributed by atoms with E-state index in [4.69, 9.17) is 4.42 Å². The summed E-state index contributed by atoms with van der Waals surface area (Å²) in [6.45, 7) is 3.17. The van der Waals surface area contributed by atoms with Crippen molar-refractivity contribution < 1.29 is 22.4 Å². The van der Waals surface area contributed by atoms with E-state index in [1.165, 1.54) is 43.6 Å². The minimum atomic E-state index is -3.80. The number of nitrogens with zero attached hydrogens (tertiary/aromatic N) is 2. The Bertz CT molecular complexity index is 1520. The summed E-state index contributed by atoms with van der Waals surface area (Å²) in [5, 5.41) is 18.1. The highest BCUT2D eigenvalue weighted by atomic mass is 32.2. The smallest absolute Gasteiger partial charge is 0.263 e. The van der Waals surface area contributed by atoms with E-state index in [-0.39, 0.29) is 33.0 Å². The molecule has 0 fully saturated rings. The summed E-state index contributed by atoms with van der Waals surface area (Å²) in [5.74, 6) is -0.788. The summed E-state index contributed by atoms with van der Waals surface area (Å²) in [5.41, 5.74) is 1.71. The molecule has 0 saturated carbocycles. The fraction of sp³-hybridized carbons (Fsp3) is 0.167. The van der Waals surface area contributed by atoms with Crippen LogP contribution < -0.4 is 15.4 Å². The number of Topliss-reactive ketones (excluding diaryl/α,β-unsaturated/α-hetero) is 1. The van der Waals surface area contributed by atoms with Gasteiger partial charge in [-0.2, -0.15) is 5.26 Å². The molecule has 3 aromatic rings. The second-order valence-corrected chi connectivity index (χ2v) is 11.4. The monoisotopic (exact) mass is 555 g/mol. The molecule has 37 heavy (non-hydrogen) atoms. The van der Waals surface area contributed by atoms with E-state index >= 15 is 0 Å². The summed E-state index contributed by atoms with van der Waals surface area (Å²) in [6.07, 6.45) is 2.97. The minimum absolute atomic E-state index is 0.0257. The SMILES string of the molecule is CC(=O)C1=C(C)NC(SCC(=O)Nc2ccc(S(=O)(=O)Nc3nccs3)cc2)=C(C#N)C1c1ccco1. The highest BCUT2D eigenvalue weighted by Gasteiger charge is 2.35. The number of benzene rings is 1.